The van der Waals surface area contributed by atoms with Gasteiger partial charge in [0, 0.05) is 6.42 Å². The van der Waals surface area contributed by atoms with Crippen molar-refractivity contribution >= 4 is 6.29 Å². The molecule has 0 heterocycles. The highest BCUT2D eigenvalue weighted by Gasteiger charge is 2.04. The van der Waals surface area contributed by atoms with Gasteiger partial charge in [0.2, 0.25) is 0 Å². The SMILES string of the molecule is C=C(CC[C@@H](C)CC=O)C(C)C. The molecule has 0 amide bonds. The van der Waals surface area contributed by atoms with Gasteiger partial charge in [0.1, 0.15) is 6.29 Å². The molecule has 1 atom stereocenters. The number of aldehydes is 1. The van der Waals surface area contributed by atoms with Crippen LogP contribution in [-0.4, -0.2) is 6.29 Å². The monoisotopic (exact) mass is 168 g/mol. The van der Waals surface area contributed by atoms with Crippen LogP contribution in [0.1, 0.15) is 40.0 Å². The van der Waals surface area contributed by atoms with Gasteiger partial charge in [0.05, 0.1) is 0 Å². The molecule has 70 valence electrons. The standard InChI is InChI=1S/C11H20O/c1-9(2)11(4)6-5-10(3)7-8-12/h8-10H,4-7H2,1-3H3/t10-/m1/s1. The molecule has 0 aliphatic carbocycles. The lowest BCUT2D eigenvalue weighted by Gasteiger charge is -2.11. The zero-order valence-corrected chi connectivity index (χ0v) is 8.47. The fourth-order valence-electron chi connectivity index (χ4n) is 1.00. The number of rotatable bonds is 6. The van der Waals surface area contributed by atoms with Gasteiger partial charge in [-0.3, -0.25) is 0 Å². The second-order valence-electron chi connectivity index (χ2n) is 3.86. The largest absolute Gasteiger partial charge is 0.303 e. The minimum atomic E-state index is 0.512. The van der Waals surface area contributed by atoms with Crippen LogP contribution < -0.4 is 0 Å². The maximum atomic E-state index is 10.2. The van der Waals surface area contributed by atoms with Crippen molar-refractivity contribution < 1.29 is 4.79 Å². The Labute approximate surface area is 75.9 Å². The van der Waals surface area contributed by atoms with Crippen LogP contribution in [0.5, 0.6) is 0 Å². The third kappa shape index (κ3) is 5.11. The molecule has 0 aliphatic heterocycles. The molecule has 0 aromatic heterocycles. The predicted molar refractivity (Wildman–Crippen MR) is 53.1 cm³/mol. The van der Waals surface area contributed by atoms with E-state index in [9.17, 15) is 4.79 Å². The van der Waals surface area contributed by atoms with Gasteiger partial charge < -0.3 is 4.79 Å². The molecule has 0 aromatic rings. The lowest BCUT2D eigenvalue weighted by Crippen LogP contribution is -1.99. The average molecular weight is 168 g/mol. The first-order valence-electron chi connectivity index (χ1n) is 4.69. The summed E-state index contributed by atoms with van der Waals surface area (Å²) in [7, 11) is 0. The molecule has 0 bridgehead atoms. The van der Waals surface area contributed by atoms with E-state index in [2.05, 4.69) is 27.4 Å². The van der Waals surface area contributed by atoms with E-state index in [0.717, 1.165) is 19.1 Å². The Morgan fingerprint density at radius 1 is 1.42 bits per heavy atom. The molecule has 1 heteroatoms. The van der Waals surface area contributed by atoms with Gasteiger partial charge >= 0.3 is 0 Å². The fraction of sp³-hybridized carbons (Fsp3) is 0.727. The van der Waals surface area contributed by atoms with E-state index in [-0.39, 0.29) is 0 Å². The van der Waals surface area contributed by atoms with Crippen LogP contribution in [0.25, 0.3) is 0 Å². The minimum Gasteiger partial charge on any atom is -0.303 e. The predicted octanol–water partition coefficient (Wildman–Crippen LogP) is 3.20. The molecule has 0 radical (unpaired) electrons. The summed E-state index contributed by atoms with van der Waals surface area (Å²) in [6, 6.07) is 0. The molecule has 0 saturated carbocycles. The average Bonchev–Trinajstić information content (AvgIpc) is 2.00. The summed E-state index contributed by atoms with van der Waals surface area (Å²) >= 11 is 0. The number of carbonyl (C=O) groups excluding carboxylic acids is 1. The normalized spacial score (nSPS) is 13.0. The number of carbonyl (C=O) groups is 1. The molecule has 0 N–H and O–H groups in total. The van der Waals surface area contributed by atoms with Crippen molar-refractivity contribution in [1.29, 1.82) is 0 Å². The van der Waals surface area contributed by atoms with Gasteiger partial charge in [-0.05, 0) is 24.7 Å². The van der Waals surface area contributed by atoms with Crippen molar-refractivity contribution in [2.75, 3.05) is 0 Å². The molecule has 0 aromatic carbocycles. The molecular formula is C11H20O. The van der Waals surface area contributed by atoms with Crippen molar-refractivity contribution in [3.63, 3.8) is 0 Å². The van der Waals surface area contributed by atoms with Gasteiger partial charge in [0.15, 0.2) is 0 Å². The fourth-order valence-corrected chi connectivity index (χ4v) is 1.00. The number of allylic oxidation sites excluding steroid dienone is 1. The van der Waals surface area contributed by atoms with Gasteiger partial charge in [0.25, 0.3) is 0 Å². The lowest BCUT2D eigenvalue weighted by molar-refractivity contribution is -0.108. The lowest BCUT2D eigenvalue weighted by atomic mass is 9.94. The molecular weight excluding hydrogens is 148 g/mol. The van der Waals surface area contributed by atoms with Crippen LogP contribution >= 0.6 is 0 Å². The van der Waals surface area contributed by atoms with Gasteiger partial charge in [-0.15, -0.1) is 0 Å². The van der Waals surface area contributed by atoms with Crippen LogP contribution in [0.15, 0.2) is 12.2 Å². The summed E-state index contributed by atoms with van der Waals surface area (Å²) in [5.41, 5.74) is 1.30. The highest BCUT2D eigenvalue weighted by molar-refractivity contribution is 5.49. The smallest absolute Gasteiger partial charge is 0.120 e. The Bertz CT molecular complexity index is 147. The number of hydrogen-bond acceptors (Lipinski definition) is 1. The minimum absolute atomic E-state index is 0.512. The van der Waals surface area contributed by atoms with Crippen molar-refractivity contribution in [2.24, 2.45) is 11.8 Å². The van der Waals surface area contributed by atoms with Gasteiger partial charge in [-0.2, -0.15) is 0 Å². The summed E-state index contributed by atoms with van der Waals surface area (Å²) in [5, 5.41) is 0. The molecule has 0 unspecified atom stereocenters. The third-order valence-corrected chi connectivity index (χ3v) is 2.27. The van der Waals surface area contributed by atoms with Gasteiger partial charge in [-0.25, -0.2) is 0 Å². The first-order chi connectivity index (χ1) is 5.57. The van der Waals surface area contributed by atoms with Crippen molar-refractivity contribution in [3.8, 4) is 0 Å². The van der Waals surface area contributed by atoms with Crippen LogP contribution in [0.4, 0.5) is 0 Å². The second-order valence-corrected chi connectivity index (χ2v) is 3.86. The van der Waals surface area contributed by atoms with E-state index in [1.165, 1.54) is 5.57 Å². The van der Waals surface area contributed by atoms with Crippen LogP contribution in [-0.2, 0) is 4.79 Å². The Hall–Kier alpha value is -0.590. The summed E-state index contributed by atoms with van der Waals surface area (Å²) < 4.78 is 0. The van der Waals surface area contributed by atoms with Crippen LogP contribution in [0.3, 0.4) is 0 Å². The highest BCUT2D eigenvalue weighted by Crippen LogP contribution is 2.18. The van der Waals surface area contributed by atoms with E-state index in [0.29, 0.717) is 18.3 Å². The third-order valence-electron chi connectivity index (χ3n) is 2.27. The quantitative estimate of drug-likeness (QED) is 0.439. The van der Waals surface area contributed by atoms with Crippen LogP contribution in [0, 0.1) is 11.8 Å². The Morgan fingerprint density at radius 2 is 2.00 bits per heavy atom. The maximum absolute atomic E-state index is 10.2. The highest BCUT2D eigenvalue weighted by atomic mass is 16.1. The maximum Gasteiger partial charge on any atom is 0.120 e. The van der Waals surface area contributed by atoms with Gasteiger partial charge in [-0.1, -0.05) is 32.9 Å². The Balaban J connectivity index is 3.53. The van der Waals surface area contributed by atoms with E-state index in [4.69, 9.17) is 0 Å². The Morgan fingerprint density at radius 3 is 2.42 bits per heavy atom. The van der Waals surface area contributed by atoms with E-state index in [1.807, 2.05) is 0 Å². The summed E-state index contributed by atoms with van der Waals surface area (Å²) in [5.74, 6) is 1.09. The van der Waals surface area contributed by atoms with Crippen molar-refractivity contribution in [2.45, 2.75) is 40.0 Å². The topological polar surface area (TPSA) is 17.1 Å². The first-order valence-corrected chi connectivity index (χ1v) is 4.69. The zero-order chi connectivity index (χ0) is 9.56. The van der Waals surface area contributed by atoms with E-state index < -0.39 is 0 Å². The molecule has 0 rings (SSSR count). The molecule has 0 aliphatic rings. The summed E-state index contributed by atoms with van der Waals surface area (Å²) in [6.07, 6.45) is 3.84. The first kappa shape index (κ1) is 11.4. The second kappa shape index (κ2) is 5.99. The molecule has 0 spiro atoms. The molecule has 1 nitrogen and oxygen atoms in total. The summed E-state index contributed by atoms with van der Waals surface area (Å²) in [4.78, 5) is 10.2. The number of hydrogen-bond donors (Lipinski definition) is 0. The van der Waals surface area contributed by atoms with Crippen LogP contribution in [0.2, 0.25) is 0 Å². The molecule has 0 fully saturated rings. The van der Waals surface area contributed by atoms with Crippen molar-refractivity contribution in [3.05, 3.63) is 12.2 Å². The zero-order valence-electron chi connectivity index (χ0n) is 8.47. The van der Waals surface area contributed by atoms with E-state index >= 15 is 0 Å². The molecule has 12 heavy (non-hydrogen) atoms. The molecule has 0 saturated heterocycles. The van der Waals surface area contributed by atoms with Crippen molar-refractivity contribution in [1.82, 2.24) is 0 Å². The van der Waals surface area contributed by atoms with E-state index in [1.54, 1.807) is 0 Å². The summed E-state index contributed by atoms with van der Waals surface area (Å²) in [6.45, 7) is 10.4. The Kier molecular flexibility index (Phi) is 5.69.